The molecule has 2 aromatic rings. The molecule has 0 aromatic heterocycles. The fourth-order valence-electron chi connectivity index (χ4n) is 1.89. The Hall–Kier alpha value is -2.38. The molecule has 1 N–H and O–H groups in total. The van der Waals surface area contributed by atoms with E-state index in [4.69, 9.17) is 10.00 Å². The maximum atomic E-state index is 13.7. The Kier molecular flexibility index (Phi) is 4.70. The Morgan fingerprint density at radius 3 is 2.75 bits per heavy atom. The van der Waals surface area contributed by atoms with Gasteiger partial charge in [-0.25, -0.2) is 4.39 Å². The summed E-state index contributed by atoms with van der Waals surface area (Å²) >= 11 is 0. The molecule has 102 valence electrons. The normalized spacial score (nSPS) is 10.1. The van der Waals surface area contributed by atoms with Crippen LogP contribution < -0.4 is 10.1 Å². The van der Waals surface area contributed by atoms with Crippen LogP contribution in [0.25, 0.3) is 0 Å². The second kappa shape index (κ2) is 6.69. The van der Waals surface area contributed by atoms with Gasteiger partial charge in [-0.3, -0.25) is 0 Å². The van der Waals surface area contributed by atoms with Crippen LogP contribution in [0, 0.1) is 17.1 Å². The van der Waals surface area contributed by atoms with E-state index in [1.807, 2.05) is 37.4 Å². The second-order valence-electron chi connectivity index (χ2n) is 4.34. The summed E-state index contributed by atoms with van der Waals surface area (Å²) in [7, 11) is 1.85. The number of nitrogens with zero attached hydrogens (tertiary/aromatic N) is 1. The van der Waals surface area contributed by atoms with Crippen LogP contribution in [0.1, 0.15) is 16.7 Å². The molecule has 4 heteroatoms. The summed E-state index contributed by atoms with van der Waals surface area (Å²) in [6, 6.07) is 13.8. The van der Waals surface area contributed by atoms with Crippen molar-refractivity contribution < 1.29 is 9.13 Å². The van der Waals surface area contributed by atoms with E-state index in [1.54, 1.807) is 0 Å². The van der Waals surface area contributed by atoms with Crippen molar-refractivity contribution in [3.63, 3.8) is 0 Å². The zero-order chi connectivity index (χ0) is 14.4. The van der Waals surface area contributed by atoms with Crippen molar-refractivity contribution in [1.82, 2.24) is 5.32 Å². The van der Waals surface area contributed by atoms with E-state index >= 15 is 0 Å². The van der Waals surface area contributed by atoms with E-state index in [-0.39, 0.29) is 12.4 Å². The molecule has 0 atom stereocenters. The Labute approximate surface area is 117 Å². The number of para-hydroxylation sites is 1. The molecule has 0 unspecified atom stereocenters. The molecule has 0 radical (unpaired) electrons. The second-order valence-corrected chi connectivity index (χ2v) is 4.34. The lowest BCUT2D eigenvalue weighted by Crippen LogP contribution is -2.08. The van der Waals surface area contributed by atoms with E-state index < -0.39 is 0 Å². The molecule has 0 heterocycles. The molecule has 0 aliphatic heterocycles. The zero-order valence-corrected chi connectivity index (χ0v) is 11.2. The third-order valence-corrected chi connectivity index (χ3v) is 2.90. The molecule has 20 heavy (non-hydrogen) atoms. The summed E-state index contributed by atoms with van der Waals surface area (Å²) in [5, 5.41) is 11.9. The van der Waals surface area contributed by atoms with Gasteiger partial charge in [-0.2, -0.15) is 5.26 Å². The third-order valence-electron chi connectivity index (χ3n) is 2.90. The van der Waals surface area contributed by atoms with Gasteiger partial charge in [0.1, 0.15) is 18.2 Å². The Morgan fingerprint density at radius 1 is 1.20 bits per heavy atom. The highest BCUT2D eigenvalue weighted by Crippen LogP contribution is 2.20. The van der Waals surface area contributed by atoms with E-state index in [2.05, 4.69) is 5.32 Å². The molecule has 0 amide bonds. The fraction of sp³-hybridized carbons (Fsp3) is 0.188. The van der Waals surface area contributed by atoms with Crippen molar-refractivity contribution in [2.75, 3.05) is 7.05 Å². The lowest BCUT2D eigenvalue weighted by atomic mass is 10.1. The first-order chi connectivity index (χ1) is 9.74. The van der Waals surface area contributed by atoms with Crippen molar-refractivity contribution >= 4 is 0 Å². The Bertz CT molecular complexity index is 635. The Morgan fingerprint density at radius 2 is 2.00 bits per heavy atom. The summed E-state index contributed by atoms with van der Waals surface area (Å²) < 4.78 is 19.3. The van der Waals surface area contributed by atoms with Crippen LogP contribution in [0.3, 0.4) is 0 Å². The van der Waals surface area contributed by atoms with Gasteiger partial charge in [-0.05, 0) is 31.3 Å². The van der Waals surface area contributed by atoms with Crippen LogP contribution in [0.4, 0.5) is 4.39 Å². The lowest BCUT2D eigenvalue weighted by Gasteiger charge is -2.11. The smallest absolute Gasteiger partial charge is 0.129 e. The molecule has 0 saturated heterocycles. The molecule has 0 aliphatic rings. The predicted molar refractivity (Wildman–Crippen MR) is 74.7 cm³/mol. The number of nitriles is 1. The minimum atomic E-state index is -0.366. The van der Waals surface area contributed by atoms with Gasteiger partial charge in [0.15, 0.2) is 0 Å². The first kappa shape index (κ1) is 14.0. The van der Waals surface area contributed by atoms with Gasteiger partial charge in [0, 0.05) is 17.7 Å². The van der Waals surface area contributed by atoms with Gasteiger partial charge in [-0.1, -0.05) is 18.2 Å². The van der Waals surface area contributed by atoms with Gasteiger partial charge in [-0.15, -0.1) is 0 Å². The molecule has 0 bridgehead atoms. The average Bonchev–Trinajstić information content (AvgIpc) is 2.48. The van der Waals surface area contributed by atoms with Crippen LogP contribution in [0.15, 0.2) is 42.5 Å². The molecule has 2 rings (SSSR count). The number of nitrogens with one attached hydrogen (secondary N) is 1. The largest absolute Gasteiger partial charge is 0.488 e. The molecule has 0 saturated carbocycles. The highest BCUT2D eigenvalue weighted by Gasteiger charge is 2.07. The van der Waals surface area contributed by atoms with Crippen LogP contribution in [-0.2, 0) is 13.2 Å². The number of hydrogen-bond acceptors (Lipinski definition) is 3. The molecule has 2 aromatic carbocycles. The lowest BCUT2D eigenvalue weighted by molar-refractivity contribution is 0.296. The zero-order valence-electron chi connectivity index (χ0n) is 11.2. The average molecular weight is 270 g/mol. The maximum absolute atomic E-state index is 13.7. The van der Waals surface area contributed by atoms with E-state index in [9.17, 15) is 4.39 Å². The quantitative estimate of drug-likeness (QED) is 0.908. The van der Waals surface area contributed by atoms with Crippen molar-refractivity contribution in [1.29, 1.82) is 5.26 Å². The number of benzene rings is 2. The number of halogens is 1. The van der Waals surface area contributed by atoms with E-state index in [0.717, 1.165) is 5.56 Å². The van der Waals surface area contributed by atoms with E-state index in [1.165, 1.54) is 18.2 Å². The van der Waals surface area contributed by atoms with Crippen molar-refractivity contribution in [3.8, 4) is 11.8 Å². The van der Waals surface area contributed by atoms with Gasteiger partial charge in [0.25, 0.3) is 0 Å². The minimum Gasteiger partial charge on any atom is -0.488 e. The van der Waals surface area contributed by atoms with Crippen LogP contribution >= 0.6 is 0 Å². The van der Waals surface area contributed by atoms with Crippen molar-refractivity contribution in [2.24, 2.45) is 0 Å². The van der Waals surface area contributed by atoms with E-state index in [0.29, 0.717) is 23.4 Å². The van der Waals surface area contributed by atoms with Crippen LogP contribution in [0.2, 0.25) is 0 Å². The van der Waals surface area contributed by atoms with Crippen LogP contribution in [-0.4, -0.2) is 7.05 Å². The highest BCUT2D eigenvalue weighted by molar-refractivity contribution is 5.35. The summed E-state index contributed by atoms with van der Waals surface area (Å²) in [5.74, 6) is 0.346. The summed E-state index contributed by atoms with van der Waals surface area (Å²) in [5.41, 5.74) is 1.81. The molecular weight excluding hydrogens is 255 g/mol. The van der Waals surface area contributed by atoms with Crippen molar-refractivity contribution in [3.05, 3.63) is 65.0 Å². The molecule has 0 spiro atoms. The molecule has 0 fully saturated rings. The van der Waals surface area contributed by atoms with Gasteiger partial charge < -0.3 is 10.1 Å². The monoisotopic (exact) mass is 270 g/mol. The maximum Gasteiger partial charge on any atom is 0.129 e. The highest BCUT2D eigenvalue weighted by atomic mass is 19.1. The predicted octanol–water partition coefficient (Wildman–Crippen LogP) is 3.00. The molecule has 3 nitrogen and oxygen atoms in total. The summed E-state index contributed by atoms with van der Waals surface area (Å²) in [4.78, 5) is 0. The minimum absolute atomic E-state index is 0.0993. The summed E-state index contributed by atoms with van der Waals surface area (Å²) in [6.07, 6.45) is 0. The number of rotatable bonds is 5. The van der Waals surface area contributed by atoms with Gasteiger partial charge in [0.05, 0.1) is 11.6 Å². The summed E-state index contributed by atoms with van der Waals surface area (Å²) in [6.45, 7) is 0.777. The third kappa shape index (κ3) is 3.34. The number of ether oxygens (including phenoxy) is 1. The standard InChI is InChI=1S/C16H15FN2O/c1-19-10-13-4-2-3-5-16(13)20-11-14-8-12(9-18)6-7-15(14)17/h2-8,19H,10-11H2,1H3. The molecular formula is C16H15FN2O. The van der Waals surface area contributed by atoms with Crippen LogP contribution in [0.5, 0.6) is 5.75 Å². The Balaban J connectivity index is 2.15. The number of hydrogen-bond donors (Lipinski definition) is 1. The molecule has 0 aliphatic carbocycles. The first-order valence-electron chi connectivity index (χ1n) is 6.28. The van der Waals surface area contributed by atoms with Gasteiger partial charge >= 0.3 is 0 Å². The van der Waals surface area contributed by atoms with Gasteiger partial charge in [0.2, 0.25) is 0 Å². The fourth-order valence-corrected chi connectivity index (χ4v) is 1.89. The topological polar surface area (TPSA) is 45.0 Å². The first-order valence-corrected chi connectivity index (χ1v) is 6.28. The van der Waals surface area contributed by atoms with Crippen molar-refractivity contribution in [2.45, 2.75) is 13.2 Å². The SMILES string of the molecule is CNCc1ccccc1OCc1cc(C#N)ccc1F.